The van der Waals surface area contributed by atoms with Gasteiger partial charge in [0.25, 0.3) is 0 Å². The second-order valence-electron chi connectivity index (χ2n) is 3.71. The summed E-state index contributed by atoms with van der Waals surface area (Å²) in [5.74, 6) is -4.65. The number of hydrogen-bond acceptors (Lipinski definition) is 2. The highest BCUT2D eigenvalue weighted by atomic mass is 19.4. The van der Waals surface area contributed by atoms with Crippen LogP contribution in [0.25, 0.3) is 0 Å². The van der Waals surface area contributed by atoms with Gasteiger partial charge in [-0.2, -0.15) is 26.3 Å². The lowest BCUT2D eigenvalue weighted by Gasteiger charge is -2.20. The normalized spacial score (nSPS) is 13.9. The highest BCUT2D eigenvalue weighted by molar-refractivity contribution is 5.94. The molecule has 0 aliphatic rings. The third kappa shape index (κ3) is 3.09. The predicted octanol–water partition coefficient (Wildman–Crippen LogP) is 3.09. The third-order valence-corrected chi connectivity index (χ3v) is 2.43. The Labute approximate surface area is 107 Å². The minimum Gasteiger partial charge on any atom is -0.480 e. The minimum atomic E-state index is -5.21. The zero-order valence-corrected chi connectivity index (χ0v) is 9.42. The predicted molar refractivity (Wildman–Crippen MR) is 52.9 cm³/mol. The first-order chi connectivity index (χ1) is 9.00. The standard InChI is InChI=1S/C11H6F6O3/c12-10(13,14)6-2-1-3-7(11(15,16)17)8(6)5(4-18)9(19)20/h1-5H,(H,19,20). The van der Waals surface area contributed by atoms with E-state index in [1.165, 1.54) is 0 Å². The molecule has 1 unspecified atom stereocenters. The molecular formula is C11H6F6O3. The summed E-state index contributed by atoms with van der Waals surface area (Å²) in [6.07, 6.45) is -10.9. The maximum absolute atomic E-state index is 12.7. The van der Waals surface area contributed by atoms with Gasteiger partial charge in [0.15, 0.2) is 0 Å². The molecule has 0 aliphatic carbocycles. The van der Waals surface area contributed by atoms with Gasteiger partial charge >= 0.3 is 18.3 Å². The van der Waals surface area contributed by atoms with E-state index in [2.05, 4.69) is 0 Å². The van der Waals surface area contributed by atoms with E-state index in [1.807, 2.05) is 0 Å². The fraction of sp³-hybridized carbons (Fsp3) is 0.273. The molecule has 0 radical (unpaired) electrons. The van der Waals surface area contributed by atoms with Gasteiger partial charge in [-0.15, -0.1) is 0 Å². The van der Waals surface area contributed by atoms with Crippen molar-refractivity contribution in [1.82, 2.24) is 0 Å². The number of aliphatic carboxylic acids is 1. The van der Waals surface area contributed by atoms with E-state index < -0.39 is 47.2 Å². The molecule has 0 saturated heterocycles. The molecule has 0 aromatic heterocycles. The Kier molecular flexibility index (Phi) is 4.11. The quantitative estimate of drug-likeness (QED) is 0.530. The SMILES string of the molecule is O=CC(C(=O)O)c1c(C(F)(F)F)cccc1C(F)(F)F. The zero-order chi connectivity index (χ0) is 15.7. The molecule has 0 bridgehead atoms. The minimum absolute atomic E-state index is 0.296. The number of alkyl halides is 6. The zero-order valence-electron chi connectivity index (χ0n) is 9.42. The number of hydrogen-bond donors (Lipinski definition) is 1. The molecule has 110 valence electrons. The van der Waals surface area contributed by atoms with Gasteiger partial charge < -0.3 is 9.90 Å². The summed E-state index contributed by atoms with van der Waals surface area (Å²) in [6, 6.07) is 1.09. The van der Waals surface area contributed by atoms with Crippen molar-refractivity contribution in [3.8, 4) is 0 Å². The molecule has 3 nitrogen and oxygen atoms in total. The van der Waals surface area contributed by atoms with Crippen LogP contribution in [0.15, 0.2) is 18.2 Å². The number of carbonyl (C=O) groups excluding carboxylic acids is 1. The van der Waals surface area contributed by atoms with Crippen LogP contribution in [-0.2, 0) is 21.9 Å². The van der Waals surface area contributed by atoms with Crippen molar-refractivity contribution in [2.75, 3.05) is 0 Å². The average Bonchev–Trinajstić information content (AvgIpc) is 2.26. The molecule has 1 aromatic carbocycles. The number of carbonyl (C=O) groups is 2. The van der Waals surface area contributed by atoms with Crippen LogP contribution in [0.3, 0.4) is 0 Å². The molecule has 1 N–H and O–H groups in total. The lowest BCUT2D eigenvalue weighted by molar-refractivity contribution is -0.146. The highest BCUT2D eigenvalue weighted by Crippen LogP contribution is 2.42. The molecule has 0 saturated carbocycles. The summed E-state index contributed by atoms with van der Waals surface area (Å²) >= 11 is 0. The van der Waals surface area contributed by atoms with E-state index in [1.54, 1.807) is 0 Å². The number of rotatable bonds is 3. The fourth-order valence-electron chi connectivity index (χ4n) is 1.64. The maximum Gasteiger partial charge on any atom is 0.416 e. The largest absolute Gasteiger partial charge is 0.480 e. The van der Waals surface area contributed by atoms with Gasteiger partial charge in [0.2, 0.25) is 0 Å². The van der Waals surface area contributed by atoms with Crippen molar-refractivity contribution in [3.63, 3.8) is 0 Å². The Hall–Kier alpha value is -2.06. The summed E-state index contributed by atoms with van der Waals surface area (Å²) in [5.41, 5.74) is -5.20. The van der Waals surface area contributed by atoms with E-state index in [4.69, 9.17) is 5.11 Å². The van der Waals surface area contributed by atoms with E-state index in [0.717, 1.165) is 0 Å². The number of aldehydes is 1. The number of benzene rings is 1. The monoisotopic (exact) mass is 300 g/mol. The molecule has 20 heavy (non-hydrogen) atoms. The van der Waals surface area contributed by atoms with E-state index in [-0.39, 0.29) is 0 Å². The lowest BCUT2D eigenvalue weighted by Crippen LogP contribution is -2.23. The second kappa shape index (κ2) is 5.14. The van der Waals surface area contributed by atoms with Crippen molar-refractivity contribution in [3.05, 3.63) is 34.9 Å². The van der Waals surface area contributed by atoms with Crippen LogP contribution in [0.1, 0.15) is 22.6 Å². The van der Waals surface area contributed by atoms with Crippen LogP contribution in [0.5, 0.6) is 0 Å². The molecule has 0 heterocycles. The first kappa shape index (κ1) is 16.0. The Bertz CT molecular complexity index is 500. The van der Waals surface area contributed by atoms with Gasteiger partial charge in [-0.3, -0.25) is 4.79 Å². The lowest BCUT2D eigenvalue weighted by atomic mass is 9.90. The number of carboxylic acids is 1. The van der Waals surface area contributed by atoms with Gasteiger partial charge in [0.1, 0.15) is 12.2 Å². The third-order valence-electron chi connectivity index (χ3n) is 2.43. The van der Waals surface area contributed by atoms with Gasteiger partial charge in [-0.1, -0.05) is 6.07 Å². The molecule has 0 spiro atoms. The van der Waals surface area contributed by atoms with Crippen LogP contribution in [0.2, 0.25) is 0 Å². The molecule has 0 fully saturated rings. The highest BCUT2D eigenvalue weighted by Gasteiger charge is 2.44. The van der Waals surface area contributed by atoms with Crippen molar-refractivity contribution >= 4 is 12.3 Å². The van der Waals surface area contributed by atoms with Crippen molar-refractivity contribution in [2.24, 2.45) is 0 Å². The van der Waals surface area contributed by atoms with Crippen LogP contribution in [-0.4, -0.2) is 17.4 Å². The van der Waals surface area contributed by atoms with Gasteiger partial charge in [0.05, 0.1) is 11.1 Å². The maximum atomic E-state index is 12.7. The molecule has 1 rings (SSSR count). The number of halogens is 6. The van der Waals surface area contributed by atoms with E-state index >= 15 is 0 Å². The van der Waals surface area contributed by atoms with Crippen LogP contribution in [0.4, 0.5) is 26.3 Å². The molecule has 1 atom stereocenters. The van der Waals surface area contributed by atoms with Crippen molar-refractivity contribution in [2.45, 2.75) is 18.3 Å². The summed E-state index contributed by atoms with van der Waals surface area (Å²) in [4.78, 5) is 21.3. The van der Waals surface area contributed by atoms with E-state index in [9.17, 15) is 35.9 Å². The average molecular weight is 300 g/mol. The molecular weight excluding hydrogens is 294 g/mol. The second-order valence-corrected chi connectivity index (χ2v) is 3.71. The van der Waals surface area contributed by atoms with E-state index in [0.29, 0.717) is 18.2 Å². The van der Waals surface area contributed by atoms with Crippen molar-refractivity contribution in [1.29, 1.82) is 0 Å². The first-order valence-electron chi connectivity index (χ1n) is 4.95. The molecule has 9 heteroatoms. The van der Waals surface area contributed by atoms with Gasteiger partial charge in [-0.05, 0) is 17.7 Å². The number of carboxylic acid groups (broad SMARTS) is 1. The van der Waals surface area contributed by atoms with Crippen LogP contribution in [0, 0.1) is 0 Å². The Morgan fingerprint density at radius 2 is 1.45 bits per heavy atom. The summed E-state index contributed by atoms with van der Waals surface area (Å²) in [6.45, 7) is 0. The van der Waals surface area contributed by atoms with Gasteiger partial charge in [0, 0.05) is 0 Å². The molecule has 0 amide bonds. The van der Waals surface area contributed by atoms with Crippen molar-refractivity contribution < 1.29 is 41.0 Å². The van der Waals surface area contributed by atoms with Crippen LogP contribution >= 0.6 is 0 Å². The Balaban J connectivity index is 3.73. The Morgan fingerprint density at radius 1 is 1.05 bits per heavy atom. The summed E-state index contributed by atoms with van der Waals surface area (Å²) in [5, 5.41) is 8.64. The molecule has 1 aromatic rings. The fourth-order valence-corrected chi connectivity index (χ4v) is 1.64. The smallest absolute Gasteiger partial charge is 0.416 e. The Morgan fingerprint density at radius 3 is 1.70 bits per heavy atom. The first-order valence-corrected chi connectivity index (χ1v) is 4.95. The summed E-state index contributed by atoms with van der Waals surface area (Å²) < 4.78 is 76.2. The van der Waals surface area contributed by atoms with Gasteiger partial charge in [-0.25, -0.2) is 0 Å². The summed E-state index contributed by atoms with van der Waals surface area (Å²) in [7, 11) is 0. The molecule has 0 aliphatic heterocycles. The topological polar surface area (TPSA) is 54.4 Å². The van der Waals surface area contributed by atoms with Crippen LogP contribution < -0.4 is 0 Å².